The zero-order chi connectivity index (χ0) is 25.6. The first-order valence-corrected chi connectivity index (χ1v) is 10.5. The normalized spacial score (nSPS) is 12.6. The van der Waals surface area contributed by atoms with Crippen molar-refractivity contribution in [2.75, 3.05) is 13.2 Å². The maximum Gasteiger partial charge on any atom is 0.420 e. The Labute approximate surface area is 191 Å². The average Bonchev–Trinajstić information content (AvgIpc) is 3.04. The Morgan fingerprint density at radius 1 is 1.18 bits per heavy atom. The molecule has 0 aliphatic rings. The molecule has 186 valence electrons. The van der Waals surface area contributed by atoms with Gasteiger partial charge in [-0.25, -0.2) is 9.48 Å². The maximum atomic E-state index is 13.9. The van der Waals surface area contributed by atoms with E-state index in [1.54, 1.807) is 41.5 Å². The molecule has 2 rings (SSSR count). The number of aliphatic hydroxyl groups is 2. The molecule has 1 atom stereocenters. The van der Waals surface area contributed by atoms with Gasteiger partial charge in [-0.1, -0.05) is 6.92 Å². The molecule has 2 aromatic heterocycles. The van der Waals surface area contributed by atoms with Crippen molar-refractivity contribution in [2.24, 2.45) is 0 Å². The van der Waals surface area contributed by atoms with Crippen LogP contribution in [0.2, 0.25) is 0 Å². The smallest absolute Gasteiger partial charge is 0.420 e. The maximum absolute atomic E-state index is 13.9. The fraction of sp³-hybridized carbons (Fsp3) is 0.591. The Hall–Kier alpha value is -2.66. The standard InChI is InChI=1S/C20H26F3N3O4.C2H6O/c1-7-13(27)12-9-24-10-14(15(12)20(21,22)23)30-17-11(3)16(18(28)29-8-2)25-26(17)19(4,5)6;1-2-3/h9-10,13,27H,7-8H2,1-6H3;3H,2H2,1H3. The average molecular weight is 476 g/mol. The van der Waals surface area contributed by atoms with Crippen LogP contribution in [-0.4, -0.2) is 44.2 Å². The molecule has 8 nitrogen and oxygen atoms in total. The lowest BCUT2D eigenvalue weighted by Gasteiger charge is -2.24. The highest BCUT2D eigenvalue weighted by atomic mass is 19.4. The van der Waals surface area contributed by atoms with Crippen molar-refractivity contribution in [2.45, 2.75) is 72.7 Å². The highest BCUT2D eigenvalue weighted by Gasteiger charge is 2.40. The Morgan fingerprint density at radius 2 is 1.76 bits per heavy atom. The molecule has 2 N–H and O–H groups in total. The van der Waals surface area contributed by atoms with Crippen LogP contribution in [0.1, 0.15) is 81.2 Å². The number of esters is 1. The molecule has 0 fully saturated rings. The van der Waals surface area contributed by atoms with Crippen molar-refractivity contribution in [3.63, 3.8) is 0 Å². The van der Waals surface area contributed by atoms with Crippen molar-refractivity contribution < 1.29 is 37.7 Å². The van der Waals surface area contributed by atoms with Crippen molar-refractivity contribution in [3.05, 3.63) is 34.8 Å². The quantitative estimate of drug-likeness (QED) is 0.580. The number of carbonyl (C=O) groups is 1. The predicted octanol–water partition coefficient (Wildman–Crippen LogP) is 4.77. The van der Waals surface area contributed by atoms with Crippen LogP contribution in [-0.2, 0) is 16.5 Å². The predicted molar refractivity (Wildman–Crippen MR) is 115 cm³/mol. The van der Waals surface area contributed by atoms with Crippen molar-refractivity contribution >= 4 is 5.97 Å². The lowest BCUT2D eigenvalue weighted by atomic mass is 10.0. The van der Waals surface area contributed by atoms with Crippen LogP contribution < -0.4 is 4.74 Å². The molecule has 0 saturated carbocycles. The summed E-state index contributed by atoms with van der Waals surface area (Å²) in [5.41, 5.74) is -2.03. The summed E-state index contributed by atoms with van der Waals surface area (Å²) in [7, 11) is 0. The zero-order valence-electron chi connectivity index (χ0n) is 19.9. The van der Waals surface area contributed by atoms with E-state index in [9.17, 15) is 23.1 Å². The van der Waals surface area contributed by atoms with E-state index in [1.807, 2.05) is 0 Å². The second-order valence-electron chi connectivity index (χ2n) is 8.02. The lowest BCUT2D eigenvalue weighted by Crippen LogP contribution is -2.24. The SMILES string of the molecule is CCO.CCOC(=O)c1nn(C(C)(C)C)c(Oc2cncc(C(O)CC)c2C(F)(F)F)c1C. The summed E-state index contributed by atoms with van der Waals surface area (Å²) in [5.74, 6) is -1.33. The van der Waals surface area contributed by atoms with Crippen LogP contribution in [0.3, 0.4) is 0 Å². The third-order valence-electron chi connectivity index (χ3n) is 4.35. The summed E-state index contributed by atoms with van der Waals surface area (Å²) in [4.78, 5) is 16.1. The number of ether oxygens (including phenoxy) is 2. The molecule has 0 aliphatic heterocycles. The molecule has 1 unspecified atom stereocenters. The number of hydrogen-bond acceptors (Lipinski definition) is 7. The van der Waals surface area contributed by atoms with E-state index < -0.39 is 35.1 Å². The Bertz CT molecular complexity index is 937. The van der Waals surface area contributed by atoms with E-state index >= 15 is 0 Å². The largest absolute Gasteiger partial charge is 0.461 e. The molecular formula is C22H32F3N3O5. The van der Waals surface area contributed by atoms with Gasteiger partial charge in [-0.15, -0.1) is 0 Å². The first-order chi connectivity index (χ1) is 15.2. The zero-order valence-corrected chi connectivity index (χ0v) is 19.9. The van der Waals surface area contributed by atoms with E-state index in [4.69, 9.17) is 14.6 Å². The highest BCUT2D eigenvalue weighted by molar-refractivity contribution is 5.89. The molecule has 0 aliphatic carbocycles. The van der Waals surface area contributed by atoms with Gasteiger partial charge in [0.05, 0.1) is 24.4 Å². The third kappa shape index (κ3) is 6.91. The number of hydrogen-bond donors (Lipinski definition) is 2. The minimum Gasteiger partial charge on any atom is -0.461 e. The Balaban J connectivity index is 0.00000172. The summed E-state index contributed by atoms with van der Waals surface area (Å²) in [6.45, 7) is 12.1. The summed E-state index contributed by atoms with van der Waals surface area (Å²) in [6.07, 6.45) is -4.18. The van der Waals surface area contributed by atoms with Crippen molar-refractivity contribution in [1.29, 1.82) is 0 Å². The molecule has 2 heterocycles. The number of rotatable bonds is 6. The van der Waals surface area contributed by atoms with Crippen LogP contribution in [0.15, 0.2) is 12.4 Å². The van der Waals surface area contributed by atoms with E-state index in [0.717, 1.165) is 12.4 Å². The fourth-order valence-electron chi connectivity index (χ4n) is 2.86. The van der Waals surface area contributed by atoms with Gasteiger partial charge in [-0.2, -0.15) is 18.3 Å². The number of carbonyl (C=O) groups excluding carboxylic acids is 1. The minimum atomic E-state index is -4.80. The third-order valence-corrected chi connectivity index (χ3v) is 4.35. The molecular weight excluding hydrogens is 443 g/mol. The van der Waals surface area contributed by atoms with Crippen LogP contribution in [0.25, 0.3) is 0 Å². The summed E-state index contributed by atoms with van der Waals surface area (Å²) in [6, 6.07) is 0. The monoisotopic (exact) mass is 475 g/mol. The summed E-state index contributed by atoms with van der Waals surface area (Å²) >= 11 is 0. The molecule has 0 radical (unpaired) electrons. The van der Waals surface area contributed by atoms with E-state index in [1.165, 1.54) is 11.6 Å². The van der Waals surface area contributed by atoms with Gasteiger partial charge in [0.2, 0.25) is 5.88 Å². The fourth-order valence-corrected chi connectivity index (χ4v) is 2.86. The molecule has 0 aromatic carbocycles. The summed E-state index contributed by atoms with van der Waals surface area (Å²) in [5, 5.41) is 21.9. The van der Waals surface area contributed by atoms with E-state index in [2.05, 4.69) is 10.1 Å². The van der Waals surface area contributed by atoms with Gasteiger partial charge in [0.1, 0.15) is 5.56 Å². The van der Waals surface area contributed by atoms with Gasteiger partial charge in [0.25, 0.3) is 0 Å². The van der Waals surface area contributed by atoms with Crippen LogP contribution in [0, 0.1) is 6.92 Å². The van der Waals surface area contributed by atoms with Gasteiger partial charge in [0, 0.05) is 23.9 Å². The molecule has 0 bridgehead atoms. The van der Waals surface area contributed by atoms with Gasteiger partial charge in [0.15, 0.2) is 11.4 Å². The number of pyridine rings is 1. The van der Waals surface area contributed by atoms with Crippen LogP contribution in [0.4, 0.5) is 13.2 Å². The molecule has 33 heavy (non-hydrogen) atoms. The van der Waals surface area contributed by atoms with Gasteiger partial charge in [-0.05, 0) is 48.0 Å². The van der Waals surface area contributed by atoms with E-state index in [-0.39, 0.29) is 42.3 Å². The van der Waals surface area contributed by atoms with E-state index in [0.29, 0.717) is 0 Å². The lowest BCUT2D eigenvalue weighted by molar-refractivity contribution is -0.140. The molecule has 0 saturated heterocycles. The van der Waals surface area contributed by atoms with Gasteiger partial charge < -0.3 is 19.7 Å². The van der Waals surface area contributed by atoms with Crippen LogP contribution >= 0.6 is 0 Å². The second-order valence-corrected chi connectivity index (χ2v) is 8.02. The molecule has 0 amide bonds. The number of halogens is 3. The second kappa shape index (κ2) is 11.5. The van der Waals surface area contributed by atoms with Crippen molar-refractivity contribution in [3.8, 4) is 11.6 Å². The molecule has 11 heteroatoms. The summed E-state index contributed by atoms with van der Waals surface area (Å²) < 4.78 is 53.6. The van der Waals surface area contributed by atoms with Crippen molar-refractivity contribution in [1.82, 2.24) is 14.8 Å². The molecule has 0 spiro atoms. The van der Waals surface area contributed by atoms with Crippen LogP contribution in [0.5, 0.6) is 11.6 Å². The minimum absolute atomic E-state index is 0.0407. The first kappa shape index (κ1) is 28.4. The number of aliphatic hydroxyl groups excluding tert-OH is 2. The first-order valence-electron chi connectivity index (χ1n) is 10.5. The number of nitrogens with zero attached hydrogens (tertiary/aromatic N) is 3. The Morgan fingerprint density at radius 3 is 2.21 bits per heavy atom. The highest BCUT2D eigenvalue weighted by Crippen LogP contribution is 2.43. The van der Waals surface area contributed by atoms with Gasteiger partial charge >= 0.3 is 12.1 Å². The topological polar surface area (TPSA) is 107 Å². The number of alkyl halides is 3. The number of aromatic nitrogens is 3. The van der Waals surface area contributed by atoms with Gasteiger partial charge in [-0.3, -0.25) is 4.98 Å². The Kier molecular flexibility index (Phi) is 9.86. The molecule has 2 aromatic rings.